The molecule has 0 radical (unpaired) electrons. The van der Waals surface area contributed by atoms with E-state index in [1.807, 2.05) is 0 Å². The zero-order valence-corrected chi connectivity index (χ0v) is 14.7. The monoisotopic (exact) mass is 386 g/mol. The number of nitrogen functional groups attached to an aromatic ring is 1. The molecular weight excluding hydrogens is 376 g/mol. The zero-order valence-electron chi connectivity index (χ0n) is 13.2. The van der Waals surface area contributed by atoms with Crippen LogP contribution in [-0.4, -0.2) is 25.3 Å². The van der Waals surface area contributed by atoms with Gasteiger partial charge in [0.1, 0.15) is 0 Å². The number of hydrogen-bond donors (Lipinski definition) is 1. The van der Waals surface area contributed by atoms with Crippen molar-refractivity contribution in [3.63, 3.8) is 0 Å². The van der Waals surface area contributed by atoms with E-state index in [9.17, 15) is 0 Å². The Bertz CT molecular complexity index is 1040. The lowest BCUT2D eigenvalue weighted by Gasteiger charge is -1.99. The zero-order chi connectivity index (χ0) is 17.9. The van der Waals surface area contributed by atoms with Gasteiger partial charge in [-0.3, -0.25) is 4.98 Å². The van der Waals surface area contributed by atoms with Crippen LogP contribution in [0.15, 0.2) is 56.9 Å². The number of anilines is 1. The second-order valence-corrected chi connectivity index (χ2v) is 6.48. The van der Waals surface area contributed by atoms with Crippen molar-refractivity contribution in [1.29, 1.82) is 0 Å². The van der Waals surface area contributed by atoms with Crippen LogP contribution in [0.5, 0.6) is 0 Å². The summed E-state index contributed by atoms with van der Waals surface area (Å²) in [4.78, 5) is 8.29. The molecule has 4 rings (SSSR count). The number of rotatable bonds is 5. The molecule has 0 amide bonds. The summed E-state index contributed by atoms with van der Waals surface area (Å²) in [6.45, 7) is 0. The summed E-state index contributed by atoms with van der Waals surface area (Å²) in [5.41, 5.74) is 7.75. The molecule has 130 valence electrons. The molecule has 3 heterocycles. The standard InChI is InChI=1S/C16H11ClN6O2S/c17-12-2-1-10(18)7-11(12)15-21-22-16(24-15)26-8-13-20-14(23-25-13)9-3-5-19-6-4-9/h1-7H,8,18H2. The van der Waals surface area contributed by atoms with Crippen molar-refractivity contribution in [3.8, 4) is 22.8 Å². The smallest absolute Gasteiger partial charge is 0.277 e. The maximum Gasteiger partial charge on any atom is 0.277 e. The first-order valence-electron chi connectivity index (χ1n) is 7.44. The Morgan fingerprint density at radius 2 is 1.96 bits per heavy atom. The number of thioether (sulfide) groups is 1. The fourth-order valence-corrected chi connectivity index (χ4v) is 2.94. The van der Waals surface area contributed by atoms with Crippen LogP contribution in [0.4, 0.5) is 5.69 Å². The minimum Gasteiger partial charge on any atom is -0.411 e. The fraction of sp³-hybridized carbons (Fsp3) is 0.0625. The van der Waals surface area contributed by atoms with Crippen molar-refractivity contribution in [3.05, 3.63) is 53.6 Å². The third-order valence-electron chi connectivity index (χ3n) is 3.35. The molecule has 2 N–H and O–H groups in total. The highest BCUT2D eigenvalue weighted by Crippen LogP contribution is 2.31. The molecule has 0 aliphatic rings. The molecule has 4 aromatic rings. The van der Waals surface area contributed by atoms with Crippen LogP contribution in [0.25, 0.3) is 22.8 Å². The van der Waals surface area contributed by atoms with E-state index in [0.717, 1.165) is 5.56 Å². The molecule has 8 nitrogen and oxygen atoms in total. The maximum absolute atomic E-state index is 6.15. The quantitative estimate of drug-likeness (QED) is 0.404. The molecule has 0 saturated carbocycles. The van der Waals surface area contributed by atoms with Crippen LogP contribution in [-0.2, 0) is 5.75 Å². The van der Waals surface area contributed by atoms with Gasteiger partial charge in [-0.15, -0.1) is 10.2 Å². The molecule has 0 fully saturated rings. The fourth-order valence-electron chi connectivity index (χ4n) is 2.14. The summed E-state index contributed by atoms with van der Waals surface area (Å²) in [6, 6.07) is 8.68. The first-order chi connectivity index (χ1) is 12.7. The van der Waals surface area contributed by atoms with Crippen LogP contribution in [0.2, 0.25) is 5.02 Å². The van der Waals surface area contributed by atoms with E-state index >= 15 is 0 Å². The molecule has 0 aliphatic heterocycles. The van der Waals surface area contributed by atoms with Gasteiger partial charge in [0.25, 0.3) is 5.22 Å². The topological polar surface area (TPSA) is 117 Å². The Morgan fingerprint density at radius 3 is 2.81 bits per heavy atom. The third-order valence-corrected chi connectivity index (χ3v) is 4.49. The van der Waals surface area contributed by atoms with Gasteiger partial charge in [-0.25, -0.2) is 0 Å². The Hall–Kier alpha value is -2.91. The Labute approximate surface area is 156 Å². The molecule has 0 saturated heterocycles. The lowest BCUT2D eigenvalue weighted by molar-refractivity contribution is 0.391. The van der Waals surface area contributed by atoms with Crippen molar-refractivity contribution < 1.29 is 8.94 Å². The van der Waals surface area contributed by atoms with Gasteiger partial charge in [0, 0.05) is 23.6 Å². The van der Waals surface area contributed by atoms with Crippen molar-refractivity contribution in [1.82, 2.24) is 25.3 Å². The van der Waals surface area contributed by atoms with Crippen LogP contribution >= 0.6 is 23.4 Å². The number of nitrogens with zero attached hydrogens (tertiary/aromatic N) is 5. The van der Waals surface area contributed by atoms with E-state index in [4.69, 9.17) is 26.3 Å². The molecule has 0 aliphatic carbocycles. The van der Waals surface area contributed by atoms with Gasteiger partial charge in [-0.1, -0.05) is 28.5 Å². The number of halogens is 1. The lowest BCUT2D eigenvalue weighted by atomic mass is 10.2. The molecule has 0 bridgehead atoms. The summed E-state index contributed by atoms with van der Waals surface area (Å²) < 4.78 is 10.9. The molecule has 0 spiro atoms. The van der Waals surface area contributed by atoms with Crippen LogP contribution < -0.4 is 5.73 Å². The number of benzene rings is 1. The SMILES string of the molecule is Nc1ccc(Cl)c(-c2nnc(SCc3nc(-c4ccncc4)no3)o2)c1. The van der Waals surface area contributed by atoms with Gasteiger partial charge >= 0.3 is 0 Å². The van der Waals surface area contributed by atoms with E-state index in [2.05, 4.69) is 25.3 Å². The van der Waals surface area contributed by atoms with Gasteiger partial charge in [-0.05, 0) is 30.3 Å². The minimum absolute atomic E-state index is 0.299. The first-order valence-corrected chi connectivity index (χ1v) is 8.80. The summed E-state index contributed by atoms with van der Waals surface area (Å²) in [5, 5.41) is 12.8. The number of aromatic nitrogens is 5. The van der Waals surface area contributed by atoms with Crippen molar-refractivity contribution in [2.24, 2.45) is 0 Å². The second kappa shape index (κ2) is 7.14. The van der Waals surface area contributed by atoms with Crippen LogP contribution in [0.3, 0.4) is 0 Å². The number of pyridine rings is 1. The van der Waals surface area contributed by atoms with Gasteiger partial charge in [-0.2, -0.15) is 4.98 Å². The number of nitrogens with two attached hydrogens (primary N) is 1. The predicted molar refractivity (Wildman–Crippen MR) is 96.2 cm³/mol. The summed E-state index contributed by atoms with van der Waals surface area (Å²) >= 11 is 7.43. The molecule has 0 atom stereocenters. The Balaban J connectivity index is 1.46. The Morgan fingerprint density at radius 1 is 1.12 bits per heavy atom. The van der Waals surface area contributed by atoms with E-state index in [-0.39, 0.29) is 0 Å². The lowest BCUT2D eigenvalue weighted by Crippen LogP contribution is -1.86. The van der Waals surface area contributed by atoms with E-state index in [1.165, 1.54) is 11.8 Å². The third kappa shape index (κ3) is 3.53. The van der Waals surface area contributed by atoms with Crippen LogP contribution in [0.1, 0.15) is 5.89 Å². The first kappa shape index (κ1) is 16.6. The predicted octanol–water partition coefficient (Wildman–Crippen LogP) is 3.71. The van der Waals surface area contributed by atoms with Gasteiger partial charge in [0.05, 0.1) is 16.3 Å². The molecule has 10 heteroatoms. The Kier molecular flexibility index (Phi) is 4.55. The number of hydrogen-bond acceptors (Lipinski definition) is 9. The molecule has 0 unspecified atom stereocenters. The van der Waals surface area contributed by atoms with Crippen molar-refractivity contribution in [2.45, 2.75) is 11.0 Å². The highest BCUT2D eigenvalue weighted by atomic mass is 35.5. The minimum atomic E-state index is 0.299. The van der Waals surface area contributed by atoms with E-state index in [0.29, 0.717) is 44.9 Å². The molecular formula is C16H11ClN6O2S. The largest absolute Gasteiger partial charge is 0.411 e. The van der Waals surface area contributed by atoms with Crippen LogP contribution in [0, 0.1) is 0 Å². The molecule has 1 aromatic carbocycles. The van der Waals surface area contributed by atoms with Gasteiger partial charge in [0.2, 0.25) is 17.6 Å². The van der Waals surface area contributed by atoms with Gasteiger partial charge < -0.3 is 14.7 Å². The van der Waals surface area contributed by atoms with Crippen molar-refractivity contribution in [2.75, 3.05) is 5.73 Å². The van der Waals surface area contributed by atoms with E-state index in [1.54, 1.807) is 42.7 Å². The summed E-state index contributed by atoms with van der Waals surface area (Å²) in [5.74, 6) is 1.64. The van der Waals surface area contributed by atoms with Crippen molar-refractivity contribution >= 4 is 29.1 Å². The summed E-state index contributed by atoms with van der Waals surface area (Å²) in [7, 11) is 0. The highest BCUT2D eigenvalue weighted by Gasteiger charge is 2.15. The van der Waals surface area contributed by atoms with E-state index < -0.39 is 0 Å². The normalized spacial score (nSPS) is 11.0. The summed E-state index contributed by atoms with van der Waals surface area (Å²) in [6.07, 6.45) is 3.34. The molecule has 3 aromatic heterocycles. The average Bonchev–Trinajstić information content (AvgIpc) is 3.32. The maximum atomic E-state index is 6.15. The average molecular weight is 387 g/mol. The highest BCUT2D eigenvalue weighted by molar-refractivity contribution is 7.98. The van der Waals surface area contributed by atoms with Gasteiger partial charge in [0.15, 0.2) is 0 Å². The second-order valence-electron chi connectivity index (χ2n) is 5.15. The molecule has 26 heavy (non-hydrogen) atoms.